The van der Waals surface area contributed by atoms with Crippen LogP contribution in [0.2, 0.25) is 0 Å². The number of pyridine rings is 1. The van der Waals surface area contributed by atoms with Gasteiger partial charge in [-0.3, -0.25) is 9.55 Å². The van der Waals surface area contributed by atoms with E-state index in [1.165, 1.54) is 0 Å². The minimum Gasteiger partial charge on any atom is -0.507 e. The molecule has 260 valence electrons. The average molecular weight is 876 g/mol. The summed E-state index contributed by atoms with van der Waals surface area (Å²) >= 11 is 0. The fourth-order valence-corrected chi connectivity index (χ4v) is 7.40. The molecule has 0 aliphatic heterocycles. The molecule has 6 heteroatoms. The van der Waals surface area contributed by atoms with Gasteiger partial charge in [-0.1, -0.05) is 144 Å². The van der Waals surface area contributed by atoms with Crippen molar-refractivity contribution in [1.82, 2.24) is 14.5 Å². The van der Waals surface area contributed by atoms with Crippen LogP contribution in [0.3, 0.4) is 0 Å². The summed E-state index contributed by atoms with van der Waals surface area (Å²) in [7, 11) is 0. The van der Waals surface area contributed by atoms with E-state index in [4.69, 9.17) is 14.4 Å². The molecule has 0 fully saturated rings. The Morgan fingerprint density at radius 1 is 0.574 bits per heavy atom. The molecule has 5 nitrogen and oxygen atoms in total. The van der Waals surface area contributed by atoms with E-state index in [1.54, 1.807) is 6.07 Å². The van der Waals surface area contributed by atoms with E-state index in [0.717, 1.165) is 83.3 Å². The number of para-hydroxylation sites is 4. The maximum atomic E-state index is 11.2. The predicted octanol–water partition coefficient (Wildman–Crippen LogP) is 12.2. The number of aromatic hydroxyl groups is 1. The van der Waals surface area contributed by atoms with Crippen LogP contribution in [0.1, 0.15) is 0 Å². The molecule has 0 unspecified atom stereocenters. The Bertz CT molecular complexity index is 2970. The topological polar surface area (TPSA) is 64.1 Å². The monoisotopic (exact) mass is 875 g/mol. The first-order chi connectivity index (χ1) is 26.2. The second-order valence-corrected chi connectivity index (χ2v) is 13.0. The smallest absolute Gasteiger partial charge is 0.148 e. The number of nitrogens with zero attached hydrogens (tertiary/aromatic N) is 3. The maximum absolute atomic E-state index is 11.2. The second kappa shape index (κ2) is 13.8. The summed E-state index contributed by atoms with van der Waals surface area (Å²) in [4.78, 5) is 10.2. The van der Waals surface area contributed by atoms with E-state index in [2.05, 4.69) is 89.5 Å². The van der Waals surface area contributed by atoms with Gasteiger partial charge in [0, 0.05) is 43.9 Å². The van der Waals surface area contributed by atoms with Gasteiger partial charge in [0.2, 0.25) is 0 Å². The van der Waals surface area contributed by atoms with Crippen molar-refractivity contribution >= 4 is 33.0 Å². The number of benzene rings is 7. The van der Waals surface area contributed by atoms with Crippen LogP contribution in [0.25, 0.3) is 94.7 Å². The molecule has 0 aliphatic rings. The summed E-state index contributed by atoms with van der Waals surface area (Å²) in [6.07, 6.45) is 1.86. The van der Waals surface area contributed by atoms with E-state index in [-0.39, 0.29) is 26.8 Å². The molecule has 10 rings (SSSR count). The molecule has 0 bridgehead atoms. The molecule has 0 atom stereocenters. The molecule has 7 aromatic carbocycles. The van der Waals surface area contributed by atoms with Gasteiger partial charge in [-0.25, -0.2) is 4.98 Å². The van der Waals surface area contributed by atoms with Crippen molar-refractivity contribution in [3.8, 4) is 67.5 Å². The number of fused-ring (bicyclic) bond motifs is 4. The number of imidazole rings is 1. The Morgan fingerprint density at radius 2 is 1.26 bits per heavy atom. The van der Waals surface area contributed by atoms with Crippen molar-refractivity contribution in [2.75, 3.05) is 0 Å². The van der Waals surface area contributed by atoms with Gasteiger partial charge in [0.25, 0.3) is 0 Å². The molecule has 0 saturated heterocycles. The zero-order valence-electron chi connectivity index (χ0n) is 28.8. The number of rotatable bonds is 6. The molecule has 0 radical (unpaired) electrons. The molecule has 0 amide bonds. The zero-order valence-corrected chi connectivity index (χ0v) is 31.0. The standard InChI is InChI=1S/C48H30N3O2.Pt/c52-44-24-11-8-20-38(44)48-50-46-37(21-13-23-43(46)51(48)42-22-10-7-18-35(42)32-16-5-2-6-17-32)40-29-34(28-39-36-19-9-12-25-45(36)53-47(39)40)41-30-33(26-27-49-41)31-14-3-1-4-15-31;/h1-28,30,52H;/q-1;. The summed E-state index contributed by atoms with van der Waals surface area (Å²) in [6.45, 7) is 0. The third kappa shape index (κ3) is 5.62. The molecular weight excluding hydrogens is 846 g/mol. The van der Waals surface area contributed by atoms with E-state index in [9.17, 15) is 5.11 Å². The third-order valence-corrected chi connectivity index (χ3v) is 9.88. The Hall–Kier alpha value is -6.55. The Labute approximate surface area is 326 Å². The molecule has 1 N–H and O–H groups in total. The van der Waals surface area contributed by atoms with E-state index in [0.29, 0.717) is 11.4 Å². The van der Waals surface area contributed by atoms with Gasteiger partial charge >= 0.3 is 0 Å². The zero-order chi connectivity index (χ0) is 35.3. The fourth-order valence-electron chi connectivity index (χ4n) is 7.40. The second-order valence-electron chi connectivity index (χ2n) is 13.0. The normalized spacial score (nSPS) is 11.3. The molecular formula is C48H30N3O2Pt-. The summed E-state index contributed by atoms with van der Waals surface area (Å²) in [5.41, 5.74) is 12.4. The quantitative estimate of drug-likeness (QED) is 0.169. The number of phenols is 1. The van der Waals surface area contributed by atoms with Crippen molar-refractivity contribution in [2.24, 2.45) is 0 Å². The molecule has 0 saturated carbocycles. The minimum absolute atomic E-state index is 0. The summed E-state index contributed by atoms with van der Waals surface area (Å²) < 4.78 is 8.80. The van der Waals surface area contributed by atoms with Crippen LogP contribution in [0, 0.1) is 6.07 Å². The van der Waals surface area contributed by atoms with Crippen molar-refractivity contribution < 1.29 is 30.6 Å². The van der Waals surface area contributed by atoms with Gasteiger partial charge in [0.15, 0.2) is 0 Å². The average Bonchev–Trinajstić information content (AvgIpc) is 3.80. The van der Waals surface area contributed by atoms with Crippen LogP contribution >= 0.6 is 0 Å². The van der Waals surface area contributed by atoms with Gasteiger partial charge in [0.05, 0.1) is 27.9 Å². The van der Waals surface area contributed by atoms with Crippen LogP contribution in [0.15, 0.2) is 180 Å². The Morgan fingerprint density at radius 3 is 2.07 bits per heavy atom. The number of hydrogen-bond donors (Lipinski definition) is 1. The molecule has 10 aromatic rings. The van der Waals surface area contributed by atoms with Crippen LogP contribution in [-0.2, 0) is 21.1 Å². The van der Waals surface area contributed by atoms with Gasteiger partial charge in [0.1, 0.15) is 17.2 Å². The summed E-state index contributed by atoms with van der Waals surface area (Å²) in [5.74, 6) is 0.781. The summed E-state index contributed by atoms with van der Waals surface area (Å²) in [5, 5.41) is 13.2. The first-order valence-corrected chi connectivity index (χ1v) is 17.6. The van der Waals surface area contributed by atoms with Gasteiger partial charge in [-0.2, -0.15) is 0 Å². The maximum Gasteiger partial charge on any atom is 0.148 e. The molecule has 0 spiro atoms. The van der Waals surface area contributed by atoms with Crippen molar-refractivity contribution in [3.05, 3.63) is 182 Å². The molecule has 3 heterocycles. The van der Waals surface area contributed by atoms with Gasteiger partial charge in [-0.15, -0.1) is 12.1 Å². The summed E-state index contributed by atoms with van der Waals surface area (Å²) in [6, 6.07) is 60.7. The van der Waals surface area contributed by atoms with Crippen LogP contribution in [0.5, 0.6) is 5.75 Å². The Balaban J connectivity index is 0.00000384. The number of furan rings is 1. The number of aromatic nitrogens is 3. The van der Waals surface area contributed by atoms with Crippen molar-refractivity contribution in [1.29, 1.82) is 0 Å². The molecule has 3 aromatic heterocycles. The SMILES string of the molecule is Oc1ccccc1-c1nc2c(-c3[c-]c(-c4cc(-c5ccccc5)ccn4)cc4c3oc3ccccc34)cccc2n1-c1ccccc1-c1ccccc1.[Pt]. The first-order valence-electron chi connectivity index (χ1n) is 17.6. The van der Waals surface area contributed by atoms with Crippen LogP contribution < -0.4 is 0 Å². The number of phenolic OH excluding ortho intramolecular Hbond substituents is 1. The van der Waals surface area contributed by atoms with Crippen molar-refractivity contribution in [3.63, 3.8) is 0 Å². The van der Waals surface area contributed by atoms with Crippen molar-refractivity contribution in [2.45, 2.75) is 0 Å². The van der Waals surface area contributed by atoms with Gasteiger partial charge in [-0.05, 0) is 58.5 Å². The van der Waals surface area contributed by atoms with Crippen LogP contribution in [-0.4, -0.2) is 19.6 Å². The van der Waals surface area contributed by atoms with Gasteiger partial charge < -0.3 is 9.52 Å². The first kappa shape index (κ1) is 33.3. The van der Waals surface area contributed by atoms with E-state index in [1.807, 2.05) is 91.1 Å². The van der Waals surface area contributed by atoms with Crippen LogP contribution in [0.4, 0.5) is 0 Å². The predicted molar refractivity (Wildman–Crippen MR) is 214 cm³/mol. The number of hydrogen-bond acceptors (Lipinski definition) is 4. The van der Waals surface area contributed by atoms with E-state index >= 15 is 0 Å². The Kier molecular flexibility index (Phi) is 8.49. The third-order valence-electron chi connectivity index (χ3n) is 9.88. The molecule has 54 heavy (non-hydrogen) atoms. The van der Waals surface area contributed by atoms with E-state index < -0.39 is 0 Å². The largest absolute Gasteiger partial charge is 0.507 e. The minimum atomic E-state index is 0. The molecule has 0 aliphatic carbocycles. The fraction of sp³-hybridized carbons (Fsp3) is 0.